The number of nitrogens with zero attached hydrogens (tertiary/aromatic N) is 1. The zero-order valence-electron chi connectivity index (χ0n) is 17.6. The van der Waals surface area contributed by atoms with Crippen molar-refractivity contribution in [1.29, 1.82) is 0 Å². The van der Waals surface area contributed by atoms with Crippen LogP contribution in [0.5, 0.6) is 0 Å². The third-order valence-corrected chi connectivity index (χ3v) is 9.94. The maximum atomic E-state index is 4.10. The van der Waals surface area contributed by atoms with Crippen LogP contribution >= 0.6 is 47.0 Å². The Bertz CT molecular complexity index is 1560. The molecule has 0 fully saturated rings. The van der Waals surface area contributed by atoms with Crippen LogP contribution in [0.1, 0.15) is 11.1 Å². The molecule has 0 N–H and O–H groups in total. The first-order chi connectivity index (χ1) is 16.4. The van der Waals surface area contributed by atoms with Crippen LogP contribution in [0.4, 0.5) is 0 Å². The molecule has 0 saturated heterocycles. The van der Waals surface area contributed by atoms with Crippen LogP contribution in [0, 0.1) is 0 Å². The van der Waals surface area contributed by atoms with Crippen LogP contribution in [0.2, 0.25) is 0 Å². The molecule has 0 radical (unpaired) electrons. The highest BCUT2D eigenvalue weighted by Gasteiger charge is 2.15. The number of pyridine rings is 1. The normalized spacial score (nSPS) is 15.6. The van der Waals surface area contributed by atoms with Gasteiger partial charge in [-0.3, -0.25) is 4.98 Å². The van der Waals surface area contributed by atoms with Crippen LogP contribution in [-0.2, 0) is 6.42 Å². The molecule has 2 aliphatic rings. The van der Waals surface area contributed by atoms with E-state index < -0.39 is 0 Å². The van der Waals surface area contributed by atoms with Gasteiger partial charge in [0, 0.05) is 22.8 Å². The molecule has 3 heterocycles. The van der Waals surface area contributed by atoms with Gasteiger partial charge in [0.05, 0.1) is 8.47 Å². The number of aromatic nitrogens is 1. The van der Waals surface area contributed by atoms with Crippen molar-refractivity contribution in [2.75, 3.05) is 0 Å². The first-order valence-electron chi connectivity index (χ1n) is 10.6. The zero-order chi connectivity index (χ0) is 22.0. The number of hydrogen-bond acceptors (Lipinski definition) is 5. The first kappa shape index (κ1) is 21.2. The van der Waals surface area contributed by atoms with Crippen molar-refractivity contribution in [3.8, 4) is 0 Å². The van der Waals surface area contributed by atoms with Gasteiger partial charge in [0.1, 0.15) is 0 Å². The minimum absolute atomic E-state index is 0.898. The van der Waals surface area contributed by atoms with Gasteiger partial charge in [0.2, 0.25) is 0 Å². The molecule has 6 rings (SSSR count). The summed E-state index contributed by atoms with van der Waals surface area (Å²) in [5.41, 5.74) is 2.51. The van der Waals surface area contributed by atoms with Gasteiger partial charge in [0.15, 0.2) is 0 Å². The van der Waals surface area contributed by atoms with Gasteiger partial charge in [0.25, 0.3) is 0 Å². The van der Waals surface area contributed by atoms with Gasteiger partial charge >= 0.3 is 0 Å². The lowest BCUT2D eigenvalue weighted by atomic mass is 9.96. The summed E-state index contributed by atoms with van der Waals surface area (Å²) in [7, 11) is 0. The molecule has 0 spiro atoms. The molecule has 3 aromatic carbocycles. The quantitative estimate of drug-likeness (QED) is 0.268. The smallest absolute Gasteiger partial charge is 0.0571 e. The van der Waals surface area contributed by atoms with Gasteiger partial charge in [-0.15, -0.1) is 0 Å². The van der Waals surface area contributed by atoms with E-state index in [0.717, 1.165) is 6.42 Å². The fourth-order valence-corrected chi connectivity index (χ4v) is 8.09. The van der Waals surface area contributed by atoms with E-state index in [1.165, 1.54) is 51.6 Å². The molecular weight excluding hydrogens is 479 g/mol. The van der Waals surface area contributed by atoms with Crippen LogP contribution in [0.25, 0.3) is 36.1 Å². The Balaban J connectivity index is 1.60. The molecule has 4 aromatic rings. The number of fused-ring (bicyclic) bond motifs is 2. The second-order valence-corrected chi connectivity index (χ2v) is 11.8. The second-order valence-electron chi connectivity index (χ2n) is 7.65. The Hall–Kier alpha value is -2.31. The summed E-state index contributed by atoms with van der Waals surface area (Å²) in [4.78, 5) is 4.10. The van der Waals surface area contributed by atoms with Gasteiger partial charge in [-0.1, -0.05) is 102 Å². The zero-order valence-corrected chi connectivity index (χ0v) is 20.9. The van der Waals surface area contributed by atoms with E-state index in [0.29, 0.717) is 0 Å². The third-order valence-electron chi connectivity index (χ3n) is 5.68. The molecular formula is C28H19NS4. The van der Waals surface area contributed by atoms with E-state index in [1.807, 2.05) is 71.6 Å². The topological polar surface area (TPSA) is 12.9 Å². The molecule has 1 nitrogen and oxygen atoms in total. The second kappa shape index (κ2) is 9.51. The third kappa shape index (κ3) is 4.19. The van der Waals surface area contributed by atoms with Crippen molar-refractivity contribution < 1.29 is 0 Å². The van der Waals surface area contributed by atoms with Gasteiger partial charge in [-0.25, -0.2) is 0 Å². The van der Waals surface area contributed by atoms with Crippen molar-refractivity contribution in [1.82, 2.24) is 4.98 Å². The van der Waals surface area contributed by atoms with E-state index in [9.17, 15) is 0 Å². The lowest BCUT2D eigenvalue weighted by Gasteiger charge is -2.12. The van der Waals surface area contributed by atoms with Gasteiger partial charge in [-0.05, 0) is 72.9 Å². The van der Waals surface area contributed by atoms with Crippen LogP contribution < -0.4 is 10.4 Å². The number of benzene rings is 3. The van der Waals surface area contributed by atoms with Crippen molar-refractivity contribution in [2.24, 2.45) is 0 Å². The number of hydrogen-bond donors (Lipinski definition) is 0. The van der Waals surface area contributed by atoms with Crippen LogP contribution in [-0.4, -0.2) is 4.98 Å². The van der Waals surface area contributed by atoms with Crippen molar-refractivity contribution >= 4 is 83.1 Å². The van der Waals surface area contributed by atoms with Crippen LogP contribution in [0.15, 0.2) is 94.7 Å². The maximum absolute atomic E-state index is 4.10. The predicted octanol–water partition coefficient (Wildman–Crippen LogP) is 7.68. The number of allylic oxidation sites excluding steroid dienone is 1. The summed E-state index contributed by atoms with van der Waals surface area (Å²) in [6.45, 7) is 0. The molecule has 33 heavy (non-hydrogen) atoms. The van der Waals surface area contributed by atoms with Crippen molar-refractivity contribution in [3.05, 3.63) is 116 Å². The minimum atomic E-state index is 0.898. The van der Waals surface area contributed by atoms with Crippen LogP contribution in [0.3, 0.4) is 0 Å². The largest absolute Gasteiger partial charge is 0.265 e. The highest BCUT2D eigenvalue weighted by atomic mass is 32.2. The Morgan fingerprint density at radius 2 is 1.21 bits per heavy atom. The molecule has 0 amide bonds. The monoisotopic (exact) mass is 497 g/mol. The fourth-order valence-electron chi connectivity index (χ4n) is 4.25. The molecule has 5 heteroatoms. The molecule has 0 bridgehead atoms. The fraction of sp³-hybridized carbons (Fsp3) is 0.0357. The molecule has 160 valence electrons. The minimum Gasteiger partial charge on any atom is -0.265 e. The molecule has 2 aliphatic heterocycles. The average Bonchev–Trinajstić information content (AvgIpc) is 3.58. The van der Waals surface area contributed by atoms with E-state index in [1.54, 1.807) is 0 Å². The summed E-state index contributed by atoms with van der Waals surface area (Å²) in [5, 5.41) is 16.9. The summed E-state index contributed by atoms with van der Waals surface area (Å²) in [6, 6.07) is 20.0. The lowest BCUT2D eigenvalue weighted by Crippen LogP contribution is -2.17. The van der Waals surface area contributed by atoms with Crippen molar-refractivity contribution in [2.45, 2.75) is 6.42 Å². The highest BCUT2D eigenvalue weighted by Crippen LogP contribution is 2.41. The lowest BCUT2D eigenvalue weighted by molar-refractivity contribution is 1.28. The predicted molar refractivity (Wildman–Crippen MR) is 153 cm³/mol. The number of thioether (sulfide) groups is 4. The maximum Gasteiger partial charge on any atom is 0.0571 e. The Kier molecular flexibility index (Phi) is 6.12. The molecule has 0 unspecified atom stereocenters. The summed E-state index contributed by atoms with van der Waals surface area (Å²) in [5.74, 6) is 0. The van der Waals surface area contributed by atoms with E-state index >= 15 is 0 Å². The summed E-state index contributed by atoms with van der Waals surface area (Å²) >= 11 is 7.33. The molecule has 1 aromatic heterocycles. The molecule has 0 atom stereocenters. The number of rotatable bonds is 3. The first-order valence-corrected chi connectivity index (χ1v) is 14.2. The summed E-state index contributed by atoms with van der Waals surface area (Å²) < 4.78 is 2.73. The SMILES string of the molecule is C1=CSC(=c2c3ccccc3c(=C3SC=CS3)c3cc(C/C=C/c4ccncc4)ccc23)S1. The summed E-state index contributed by atoms with van der Waals surface area (Å²) in [6.07, 6.45) is 8.99. The van der Waals surface area contributed by atoms with Gasteiger partial charge in [-0.2, -0.15) is 0 Å². The standard InChI is InChI=1S/C28H19NS4/c1-2-7-22-21(6-1)25(27-30-14-15-31-27)23-9-8-20(5-3-4-19-10-12-29-13-11-19)18-24(23)26(22)28-32-16-17-33-28/h1-4,6-18H,5H2/b4-3+. The van der Waals surface area contributed by atoms with E-state index in [4.69, 9.17) is 0 Å². The Morgan fingerprint density at radius 1 is 0.636 bits per heavy atom. The van der Waals surface area contributed by atoms with Gasteiger partial charge < -0.3 is 0 Å². The highest BCUT2D eigenvalue weighted by molar-refractivity contribution is 8.35. The Labute approximate surface area is 209 Å². The van der Waals surface area contributed by atoms with E-state index in [-0.39, 0.29) is 0 Å². The Morgan fingerprint density at radius 3 is 1.85 bits per heavy atom. The average molecular weight is 498 g/mol. The molecule has 0 aliphatic carbocycles. The van der Waals surface area contributed by atoms with Crippen molar-refractivity contribution in [3.63, 3.8) is 0 Å². The molecule has 0 saturated carbocycles. The van der Waals surface area contributed by atoms with E-state index in [2.05, 4.69) is 81.2 Å².